The molecule has 1 saturated heterocycles. The van der Waals surface area contributed by atoms with E-state index < -0.39 is 0 Å². The average molecular weight is 373 g/mol. The Morgan fingerprint density at radius 1 is 1.12 bits per heavy atom. The zero-order valence-electron chi connectivity index (χ0n) is 14.6. The molecule has 0 spiro atoms. The molecular weight excluding hydrogens is 349 g/mol. The fourth-order valence-electron chi connectivity index (χ4n) is 3.26. The quantitative estimate of drug-likeness (QED) is 0.788. The summed E-state index contributed by atoms with van der Waals surface area (Å²) < 4.78 is 13.1. The van der Waals surface area contributed by atoms with Gasteiger partial charge in [-0.15, -0.1) is 0 Å². The van der Waals surface area contributed by atoms with Gasteiger partial charge >= 0.3 is 0 Å². The molecule has 1 aliphatic rings. The molecule has 2 N–H and O–H groups in total. The van der Waals surface area contributed by atoms with E-state index in [1.807, 2.05) is 42.5 Å². The summed E-state index contributed by atoms with van der Waals surface area (Å²) in [5, 5.41) is 13.4. The number of halogens is 1. The SMILES string of the molecule is OCCC1CN(C(=S)Nc2ccccc2)CCN1Cc1ccc(F)cc1. The van der Waals surface area contributed by atoms with E-state index in [9.17, 15) is 9.50 Å². The highest BCUT2D eigenvalue weighted by Crippen LogP contribution is 2.18. The number of nitrogens with zero attached hydrogens (tertiary/aromatic N) is 2. The number of hydrogen-bond acceptors (Lipinski definition) is 3. The van der Waals surface area contributed by atoms with Gasteiger partial charge in [0.15, 0.2) is 5.11 Å². The first kappa shape index (κ1) is 18.8. The zero-order chi connectivity index (χ0) is 18.4. The second kappa shape index (κ2) is 9.07. The van der Waals surface area contributed by atoms with E-state index in [0.29, 0.717) is 11.5 Å². The first-order valence-electron chi connectivity index (χ1n) is 8.86. The maximum absolute atomic E-state index is 13.1. The molecule has 0 amide bonds. The number of aliphatic hydroxyl groups excluding tert-OH is 1. The fourth-order valence-corrected chi connectivity index (χ4v) is 3.54. The van der Waals surface area contributed by atoms with Gasteiger partial charge in [-0.3, -0.25) is 4.90 Å². The maximum atomic E-state index is 13.1. The molecule has 0 bridgehead atoms. The molecular formula is C20H24FN3OS. The van der Waals surface area contributed by atoms with Gasteiger partial charge in [0.05, 0.1) is 0 Å². The number of hydrogen-bond donors (Lipinski definition) is 2. The van der Waals surface area contributed by atoms with E-state index >= 15 is 0 Å². The number of anilines is 1. The number of benzene rings is 2. The molecule has 1 unspecified atom stereocenters. The van der Waals surface area contributed by atoms with Crippen LogP contribution in [0.25, 0.3) is 0 Å². The molecule has 0 radical (unpaired) electrons. The Bertz CT molecular complexity index is 711. The molecule has 0 aromatic heterocycles. The van der Waals surface area contributed by atoms with Gasteiger partial charge in [0, 0.05) is 44.5 Å². The molecule has 3 rings (SSSR count). The van der Waals surface area contributed by atoms with Gasteiger partial charge in [0.25, 0.3) is 0 Å². The van der Waals surface area contributed by atoms with Crippen LogP contribution in [0.1, 0.15) is 12.0 Å². The van der Waals surface area contributed by atoms with Gasteiger partial charge in [0.2, 0.25) is 0 Å². The molecule has 138 valence electrons. The zero-order valence-corrected chi connectivity index (χ0v) is 15.5. The highest BCUT2D eigenvalue weighted by Gasteiger charge is 2.27. The van der Waals surface area contributed by atoms with Gasteiger partial charge in [-0.1, -0.05) is 30.3 Å². The van der Waals surface area contributed by atoms with Crippen molar-refractivity contribution >= 4 is 23.0 Å². The van der Waals surface area contributed by atoms with E-state index in [4.69, 9.17) is 12.2 Å². The molecule has 6 heteroatoms. The standard InChI is InChI=1S/C20H24FN3OS/c21-17-8-6-16(7-9-17)14-23-11-12-24(15-19(23)10-13-25)20(26)22-18-4-2-1-3-5-18/h1-9,19,25H,10-15H2,(H,22,26). The Morgan fingerprint density at radius 2 is 1.85 bits per heavy atom. The van der Waals surface area contributed by atoms with Crippen LogP contribution in [0, 0.1) is 5.82 Å². The molecule has 1 atom stereocenters. The molecule has 0 aliphatic carbocycles. The van der Waals surface area contributed by atoms with Crippen molar-refractivity contribution < 1.29 is 9.50 Å². The predicted octanol–water partition coefficient (Wildman–Crippen LogP) is 3.09. The van der Waals surface area contributed by atoms with Crippen LogP contribution in [0.3, 0.4) is 0 Å². The highest BCUT2D eigenvalue weighted by molar-refractivity contribution is 7.80. The summed E-state index contributed by atoms with van der Waals surface area (Å²) in [6.07, 6.45) is 0.686. The van der Waals surface area contributed by atoms with Crippen molar-refractivity contribution in [3.63, 3.8) is 0 Å². The van der Waals surface area contributed by atoms with Gasteiger partial charge in [-0.25, -0.2) is 4.39 Å². The summed E-state index contributed by atoms with van der Waals surface area (Å²) in [6.45, 7) is 3.32. The number of aliphatic hydroxyl groups is 1. The first-order valence-corrected chi connectivity index (χ1v) is 9.27. The van der Waals surface area contributed by atoms with Gasteiger partial charge in [0.1, 0.15) is 5.82 Å². The Morgan fingerprint density at radius 3 is 2.54 bits per heavy atom. The highest BCUT2D eigenvalue weighted by atomic mass is 32.1. The van der Waals surface area contributed by atoms with Gasteiger partial charge in [-0.2, -0.15) is 0 Å². The smallest absolute Gasteiger partial charge is 0.173 e. The minimum Gasteiger partial charge on any atom is -0.396 e. The van der Waals surface area contributed by atoms with Crippen molar-refractivity contribution in [1.82, 2.24) is 9.80 Å². The molecule has 1 fully saturated rings. The van der Waals surface area contributed by atoms with Gasteiger partial charge in [-0.05, 0) is 48.5 Å². The van der Waals surface area contributed by atoms with Crippen molar-refractivity contribution in [3.8, 4) is 0 Å². The van der Waals surface area contributed by atoms with Crippen molar-refractivity contribution in [2.75, 3.05) is 31.6 Å². The van der Waals surface area contributed by atoms with Crippen LogP contribution in [0.5, 0.6) is 0 Å². The van der Waals surface area contributed by atoms with Crippen molar-refractivity contribution in [3.05, 3.63) is 66.0 Å². The van der Waals surface area contributed by atoms with E-state index in [-0.39, 0.29) is 18.5 Å². The second-order valence-corrected chi connectivity index (χ2v) is 6.89. The second-order valence-electron chi connectivity index (χ2n) is 6.51. The van der Waals surface area contributed by atoms with E-state index in [1.54, 1.807) is 0 Å². The minimum absolute atomic E-state index is 0.136. The van der Waals surface area contributed by atoms with Crippen LogP contribution in [-0.4, -0.2) is 52.3 Å². The number of nitrogens with one attached hydrogen (secondary N) is 1. The molecule has 1 heterocycles. The van der Waals surface area contributed by atoms with E-state index in [1.165, 1.54) is 12.1 Å². The largest absolute Gasteiger partial charge is 0.396 e. The Balaban J connectivity index is 1.61. The number of rotatable bonds is 5. The summed E-state index contributed by atoms with van der Waals surface area (Å²) in [4.78, 5) is 4.49. The summed E-state index contributed by atoms with van der Waals surface area (Å²) in [5.74, 6) is -0.220. The molecule has 26 heavy (non-hydrogen) atoms. The summed E-state index contributed by atoms with van der Waals surface area (Å²) in [7, 11) is 0. The van der Waals surface area contributed by atoms with E-state index in [2.05, 4.69) is 15.1 Å². The first-order chi connectivity index (χ1) is 12.7. The normalized spacial score (nSPS) is 17.9. The average Bonchev–Trinajstić information content (AvgIpc) is 2.66. The number of piperazine rings is 1. The fraction of sp³-hybridized carbons (Fsp3) is 0.350. The van der Waals surface area contributed by atoms with Crippen molar-refractivity contribution in [2.24, 2.45) is 0 Å². The van der Waals surface area contributed by atoms with Crippen molar-refractivity contribution in [1.29, 1.82) is 0 Å². The Labute approximate surface area is 159 Å². The summed E-state index contributed by atoms with van der Waals surface area (Å²) in [5.41, 5.74) is 2.05. The molecule has 2 aromatic rings. The van der Waals surface area contributed by atoms with Crippen LogP contribution in [0.2, 0.25) is 0 Å². The van der Waals surface area contributed by atoms with E-state index in [0.717, 1.165) is 37.4 Å². The van der Waals surface area contributed by atoms with Crippen LogP contribution in [0.15, 0.2) is 54.6 Å². The third kappa shape index (κ3) is 5.00. The summed E-state index contributed by atoms with van der Waals surface area (Å²) >= 11 is 5.57. The lowest BCUT2D eigenvalue weighted by Gasteiger charge is -2.42. The number of thiocarbonyl (C=S) groups is 1. The maximum Gasteiger partial charge on any atom is 0.173 e. The van der Waals surface area contributed by atoms with Crippen LogP contribution in [0.4, 0.5) is 10.1 Å². The molecule has 1 aliphatic heterocycles. The number of para-hydroxylation sites is 1. The van der Waals surface area contributed by atoms with Crippen LogP contribution in [-0.2, 0) is 6.54 Å². The predicted molar refractivity (Wildman–Crippen MR) is 107 cm³/mol. The van der Waals surface area contributed by atoms with Gasteiger partial charge < -0.3 is 15.3 Å². The monoisotopic (exact) mass is 373 g/mol. The van der Waals surface area contributed by atoms with Crippen molar-refractivity contribution in [2.45, 2.75) is 19.0 Å². The lowest BCUT2D eigenvalue weighted by Crippen LogP contribution is -2.55. The third-order valence-corrected chi connectivity index (χ3v) is 5.04. The molecule has 2 aromatic carbocycles. The molecule has 4 nitrogen and oxygen atoms in total. The lowest BCUT2D eigenvalue weighted by molar-refractivity contribution is 0.0855. The lowest BCUT2D eigenvalue weighted by atomic mass is 10.1. The summed E-state index contributed by atoms with van der Waals surface area (Å²) in [6, 6.07) is 16.7. The van der Waals surface area contributed by atoms with Crippen LogP contribution >= 0.6 is 12.2 Å². The Kier molecular flexibility index (Phi) is 6.55. The molecule has 0 saturated carbocycles. The minimum atomic E-state index is -0.220. The third-order valence-electron chi connectivity index (χ3n) is 4.68. The Hall–Kier alpha value is -2.02. The van der Waals surface area contributed by atoms with Crippen LogP contribution < -0.4 is 5.32 Å². The topological polar surface area (TPSA) is 38.7 Å².